The lowest BCUT2D eigenvalue weighted by atomic mass is 10.2. The Kier molecular flexibility index (Phi) is 3.23. The molecule has 102 valence electrons. The van der Waals surface area contributed by atoms with Crippen LogP contribution in [0.3, 0.4) is 0 Å². The molecule has 1 aromatic carbocycles. The topological polar surface area (TPSA) is 52.7 Å². The Bertz CT molecular complexity index is 853. The molecule has 0 bridgehead atoms. The van der Waals surface area contributed by atoms with Crippen LogP contribution in [-0.4, -0.2) is 19.3 Å². The highest BCUT2D eigenvalue weighted by Gasteiger charge is 2.11. The van der Waals surface area contributed by atoms with Gasteiger partial charge in [0, 0.05) is 18.8 Å². The van der Waals surface area contributed by atoms with E-state index in [-0.39, 0.29) is 5.56 Å². The molecule has 0 amide bonds. The van der Waals surface area contributed by atoms with Crippen LogP contribution in [0.25, 0.3) is 10.9 Å². The van der Waals surface area contributed by atoms with E-state index in [2.05, 4.69) is 10.1 Å². The fourth-order valence-corrected chi connectivity index (χ4v) is 2.50. The first-order valence-electron chi connectivity index (χ1n) is 5.87. The molecule has 0 aliphatic heterocycles. The fraction of sp³-hybridized carbons (Fsp3) is 0.154. The molecule has 3 rings (SSSR count). The number of fused-ring (bicyclic) bond motifs is 1. The Labute approximate surface area is 124 Å². The van der Waals surface area contributed by atoms with E-state index in [1.54, 1.807) is 23.0 Å². The van der Waals surface area contributed by atoms with Gasteiger partial charge in [-0.1, -0.05) is 23.2 Å². The predicted molar refractivity (Wildman–Crippen MR) is 78.3 cm³/mol. The number of nitrogens with zero attached hydrogens (tertiary/aromatic N) is 4. The van der Waals surface area contributed by atoms with Crippen molar-refractivity contribution < 1.29 is 0 Å². The lowest BCUT2D eigenvalue weighted by Crippen LogP contribution is -2.21. The molecule has 5 nitrogen and oxygen atoms in total. The minimum Gasteiger partial charge on any atom is -0.294 e. The van der Waals surface area contributed by atoms with Crippen molar-refractivity contribution in [3.8, 4) is 0 Å². The smallest absolute Gasteiger partial charge is 0.263 e. The second-order valence-electron chi connectivity index (χ2n) is 4.45. The first kappa shape index (κ1) is 13.1. The van der Waals surface area contributed by atoms with Gasteiger partial charge in [-0.15, -0.1) is 0 Å². The van der Waals surface area contributed by atoms with E-state index in [1.165, 1.54) is 10.9 Å². The van der Waals surface area contributed by atoms with Crippen LogP contribution in [0, 0.1) is 0 Å². The molecule has 20 heavy (non-hydrogen) atoms. The zero-order chi connectivity index (χ0) is 14.3. The van der Waals surface area contributed by atoms with Crippen LogP contribution < -0.4 is 5.56 Å². The first-order chi connectivity index (χ1) is 9.56. The van der Waals surface area contributed by atoms with Crippen molar-refractivity contribution in [3.05, 3.63) is 56.8 Å². The van der Waals surface area contributed by atoms with E-state index >= 15 is 0 Å². The monoisotopic (exact) mass is 308 g/mol. The normalized spacial score (nSPS) is 11.2. The summed E-state index contributed by atoms with van der Waals surface area (Å²) in [6, 6.07) is 3.23. The number of hydrogen-bond donors (Lipinski definition) is 0. The minimum atomic E-state index is -0.216. The third-order valence-electron chi connectivity index (χ3n) is 2.99. The Hall–Kier alpha value is -1.85. The largest absolute Gasteiger partial charge is 0.294 e. The molecule has 0 atom stereocenters. The lowest BCUT2D eigenvalue weighted by Gasteiger charge is -2.07. The van der Waals surface area contributed by atoms with Crippen molar-refractivity contribution in [1.29, 1.82) is 0 Å². The molecule has 0 radical (unpaired) electrons. The van der Waals surface area contributed by atoms with Gasteiger partial charge in [0.15, 0.2) is 0 Å². The van der Waals surface area contributed by atoms with E-state index in [9.17, 15) is 4.79 Å². The quantitative estimate of drug-likeness (QED) is 0.731. The summed E-state index contributed by atoms with van der Waals surface area (Å²) < 4.78 is 3.17. The number of rotatable bonds is 2. The molecule has 0 spiro atoms. The SMILES string of the molecule is Cn1cc(Cn2cnc3c(Cl)ccc(Cl)c3c2=O)cn1. The summed E-state index contributed by atoms with van der Waals surface area (Å²) in [5.41, 5.74) is 1.12. The molecular weight excluding hydrogens is 299 g/mol. The van der Waals surface area contributed by atoms with Crippen LogP contribution in [0.2, 0.25) is 10.0 Å². The summed E-state index contributed by atoms with van der Waals surface area (Å²) in [5, 5.41) is 5.17. The fourth-order valence-electron chi connectivity index (χ4n) is 2.06. The van der Waals surface area contributed by atoms with Gasteiger partial charge >= 0.3 is 0 Å². The lowest BCUT2D eigenvalue weighted by molar-refractivity contribution is 0.742. The molecule has 3 aromatic rings. The Morgan fingerprint density at radius 2 is 2.00 bits per heavy atom. The van der Waals surface area contributed by atoms with Crippen LogP contribution in [0.4, 0.5) is 0 Å². The summed E-state index contributed by atoms with van der Waals surface area (Å²) in [5.74, 6) is 0. The second-order valence-corrected chi connectivity index (χ2v) is 5.27. The van der Waals surface area contributed by atoms with Crippen molar-refractivity contribution in [2.45, 2.75) is 6.54 Å². The van der Waals surface area contributed by atoms with Crippen LogP contribution >= 0.6 is 23.2 Å². The molecular formula is C13H10Cl2N4O. The summed E-state index contributed by atoms with van der Waals surface area (Å²) in [4.78, 5) is 16.7. The summed E-state index contributed by atoms with van der Waals surface area (Å²) in [6.07, 6.45) is 5.02. The molecule has 0 aliphatic carbocycles. The second kappa shape index (κ2) is 4.92. The molecule has 7 heteroatoms. The number of hydrogen-bond acceptors (Lipinski definition) is 3. The highest BCUT2D eigenvalue weighted by Crippen LogP contribution is 2.25. The van der Waals surface area contributed by atoms with E-state index < -0.39 is 0 Å². The van der Waals surface area contributed by atoms with E-state index in [0.29, 0.717) is 27.5 Å². The van der Waals surface area contributed by atoms with Gasteiger partial charge < -0.3 is 0 Å². The zero-order valence-electron chi connectivity index (χ0n) is 10.5. The van der Waals surface area contributed by atoms with Crippen LogP contribution in [0.5, 0.6) is 0 Å². The highest BCUT2D eigenvalue weighted by molar-refractivity contribution is 6.39. The minimum absolute atomic E-state index is 0.216. The van der Waals surface area contributed by atoms with Crippen LogP contribution in [-0.2, 0) is 13.6 Å². The maximum absolute atomic E-state index is 12.5. The maximum Gasteiger partial charge on any atom is 0.263 e. The van der Waals surface area contributed by atoms with Gasteiger partial charge in [0.2, 0.25) is 0 Å². The summed E-state index contributed by atoms with van der Waals surface area (Å²) in [7, 11) is 1.82. The van der Waals surface area contributed by atoms with Gasteiger partial charge in [0.1, 0.15) is 0 Å². The molecule has 0 saturated carbocycles. The molecule has 0 aliphatic rings. The average Bonchev–Trinajstić information content (AvgIpc) is 2.82. The van der Waals surface area contributed by atoms with Crippen molar-refractivity contribution in [2.24, 2.45) is 7.05 Å². The number of halogens is 2. The first-order valence-corrected chi connectivity index (χ1v) is 6.62. The summed E-state index contributed by atoms with van der Waals surface area (Å²) >= 11 is 12.1. The van der Waals surface area contributed by atoms with Gasteiger partial charge in [-0.3, -0.25) is 14.0 Å². The Balaban J connectivity index is 2.16. The highest BCUT2D eigenvalue weighted by atomic mass is 35.5. The third kappa shape index (κ3) is 2.19. The summed E-state index contributed by atoms with van der Waals surface area (Å²) in [6.45, 7) is 0.387. The molecule has 0 N–H and O–H groups in total. The molecule has 2 heterocycles. The maximum atomic E-state index is 12.5. The number of aryl methyl sites for hydroxylation is 1. The van der Waals surface area contributed by atoms with E-state index in [0.717, 1.165) is 5.56 Å². The molecule has 0 fully saturated rings. The van der Waals surface area contributed by atoms with Gasteiger partial charge in [0.05, 0.1) is 40.0 Å². The van der Waals surface area contributed by atoms with Crippen LogP contribution in [0.15, 0.2) is 35.6 Å². The van der Waals surface area contributed by atoms with Gasteiger partial charge in [-0.2, -0.15) is 5.10 Å². The van der Waals surface area contributed by atoms with Gasteiger partial charge in [-0.05, 0) is 12.1 Å². The standard InChI is InChI=1S/C13H10Cl2N4O/c1-18-5-8(4-17-18)6-19-7-16-12-10(15)3-2-9(14)11(12)13(19)20/h2-5,7H,6H2,1H3. The predicted octanol–water partition coefficient (Wildman–Crippen LogP) is 2.49. The molecule has 2 aromatic heterocycles. The number of benzene rings is 1. The van der Waals surface area contributed by atoms with Gasteiger partial charge in [0.25, 0.3) is 5.56 Å². The molecule has 0 saturated heterocycles. The van der Waals surface area contributed by atoms with Crippen molar-refractivity contribution in [1.82, 2.24) is 19.3 Å². The average molecular weight is 309 g/mol. The van der Waals surface area contributed by atoms with Crippen molar-refractivity contribution in [2.75, 3.05) is 0 Å². The Morgan fingerprint density at radius 1 is 1.25 bits per heavy atom. The van der Waals surface area contributed by atoms with Crippen LogP contribution in [0.1, 0.15) is 5.56 Å². The van der Waals surface area contributed by atoms with Gasteiger partial charge in [-0.25, -0.2) is 4.98 Å². The van der Waals surface area contributed by atoms with Crippen molar-refractivity contribution >= 4 is 34.1 Å². The molecule has 0 unspecified atom stereocenters. The number of aromatic nitrogens is 4. The van der Waals surface area contributed by atoms with E-state index in [1.807, 2.05) is 13.2 Å². The zero-order valence-corrected chi connectivity index (χ0v) is 12.1. The van der Waals surface area contributed by atoms with Crippen molar-refractivity contribution in [3.63, 3.8) is 0 Å². The third-order valence-corrected chi connectivity index (χ3v) is 3.61. The Morgan fingerprint density at radius 3 is 2.70 bits per heavy atom. The van der Waals surface area contributed by atoms with E-state index in [4.69, 9.17) is 23.2 Å².